The summed E-state index contributed by atoms with van der Waals surface area (Å²) in [7, 11) is 0. The van der Waals surface area contributed by atoms with Crippen LogP contribution >= 0.6 is 11.6 Å². The monoisotopic (exact) mass is 250 g/mol. The van der Waals surface area contributed by atoms with Gasteiger partial charge in [-0.3, -0.25) is 4.98 Å². The number of benzene rings is 1. The molecule has 2 rings (SSSR count). The molecule has 0 atom stereocenters. The van der Waals surface area contributed by atoms with Gasteiger partial charge in [-0.1, -0.05) is 11.6 Å². The standard InChI is InChI=1S/C13H12ClFN2/c1-7-3-4-17-13(12(7)16)9-5-8(2)11(15)6-10(9)14/h3-6H,16H2,1-2H3. The van der Waals surface area contributed by atoms with Crippen LogP contribution in [0.4, 0.5) is 10.1 Å². The highest BCUT2D eigenvalue weighted by Crippen LogP contribution is 2.33. The molecule has 0 amide bonds. The number of nitrogen functional groups attached to an aromatic ring is 1. The van der Waals surface area contributed by atoms with E-state index in [9.17, 15) is 4.39 Å². The average molecular weight is 251 g/mol. The molecule has 1 aromatic heterocycles. The lowest BCUT2D eigenvalue weighted by Crippen LogP contribution is -1.97. The fourth-order valence-electron chi connectivity index (χ4n) is 1.62. The molecular weight excluding hydrogens is 239 g/mol. The first-order valence-electron chi connectivity index (χ1n) is 5.18. The molecule has 2 aromatic rings. The molecule has 1 aromatic carbocycles. The van der Waals surface area contributed by atoms with Gasteiger partial charge >= 0.3 is 0 Å². The molecule has 0 radical (unpaired) electrons. The number of aryl methyl sites for hydroxylation is 2. The number of nitrogens with zero attached hydrogens (tertiary/aromatic N) is 1. The van der Waals surface area contributed by atoms with Crippen LogP contribution in [0.25, 0.3) is 11.3 Å². The van der Waals surface area contributed by atoms with Crippen molar-refractivity contribution in [1.29, 1.82) is 0 Å². The van der Waals surface area contributed by atoms with Gasteiger partial charge < -0.3 is 5.73 Å². The fourth-order valence-corrected chi connectivity index (χ4v) is 1.86. The Bertz CT molecular complexity index is 582. The number of aromatic nitrogens is 1. The van der Waals surface area contributed by atoms with Crippen molar-refractivity contribution < 1.29 is 4.39 Å². The summed E-state index contributed by atoms with van der Waals surface area (Å²) in [6.07, 6.45) is 1.66. The van der Waals surface area contributed by atoms with Gasteiger partial charge in [0.15, 0.2) is 0 Å². The van der Waals surface area contributed by atoms with Gasteiger partial charge in [-0.25, -0.2) is 4.39 Å². The molecule has 0 aliphatic carbocycles. The molecule has 4 heteroatoms. The zero-order valence-corrected chi connectivity index (χ0v) is 10.3. The summed E-state index contributed by atoms with van der Waals surface area (Å²) in [4.78, 5) is 4.21. The van der Waals surface area contributed by atoms with Crippen LogP contribution < -0.4 is 5.73 Å². The van der Waals surface area contributed by atoms with Crippen LogP contribution in [-0.2, 0) is 0 Å². The number of hydrogen-bond donors (Lipinski definition) is 1. The van der Waals surface area contributed by atoms with E-state index in [4.69, 9.17) is 17.3 Å². The molecule has 2 N–H and O–H groups in total. The summed E-state index contributed by atoms with van der Waals surface area (Å²) < 4.78 is 13.3. The van der Waals surface area contributed by atoms with E-state index in [1.165, 1.54) is 6.07 Å². The molecule has 0 bridgehead atoms. The molecule has 0 spiro atoms. The van der Waals surface area contributed by atoms with Gasteiger partial charge in [0, 0.05) is 11.8 Å². The minimum atomic E-state index is -0.329. The second-order valence-electron chi connectivity index (χ2n) is 3.97. The number of rotatable bonds is 1. The van der Waals surface area contributed by atoms with Crippen LogP contribution in [0.1, 0.15) is 11.1 Å². The molecule has 17 heavy (non-hydrogen) atoms. The van der Waals surface area contributed by atoms with E-state index in [-0.39, 0.29) is 5.82 Å². The van der Waals surface area contributed by atoms with Gasteiger partial charge in [-0.05, 0) is 43.2 Å². The van der Waals surface area contributed by atoms with Crippen LogP contribution in [0.5, 0.6) is 0 Å². The lowest BCUT2D eigenvalue weighted by molar-refractivity contribution is 0.619. The Labute approximate surface area is 104 Å². The van der Waals surface area contributed by atoms with E-state index in [0.29, 0.717) is 27.5 Å². The normalized spacial score (nSPS) is 10.6. The summed E-state index contributed by atoms with van der Waals surface area (Å²) in [6, 6.07) is 4.77. The highest BCUT2D eigenvalue weighted by atomic mass is 35.5. The maximum Gasteiger partial charge on any atom is 0.127 e. The Balaban J connectivity index is 2.69. The predicted octanol–water partition coefficient (Wildman–Crippen LogP) is 3.74. The van der Waals surface area contributed by atoms with Gasteiger partial charge in [-0.2, -0.15) is 0 Å². The van der Waals surface area contributed by atoms with Crippen LogP contribution in [0.2, 0.25) is 5.02 Å². The lowest BCUT2D eigenvalue weighted by atomic mass is 10.0. The molecule has 0 unspecified atom stereocenters. The van der Waals surface area contributed by atoms with Gasteiger partial charge in [0.2, 0.25) is 0 Å². The first-order valence-corrected chi connectivity index (χ1v) is 5.55. The highest BCUT2D eigenvalue weighted by molar-refractivity contribution is 6.33. The van der Waals surface area contributed by atoms with Crippen molar-refractivity contribution in [2.24, 2.45) is 0 Å². The minimum absolute atomic E-state index is 0.318. The van der Waals surface area contributed by atoms with Crippen molar-refractivity contribution in [3.63, 3.8) is 0 Å². The third-order valence-corrected chi connectivity index (χ3v) is 3.02. The zero-order chi connectivity index (χ0) is 12.6. The highest BCUT2D eigenvalue weighted by Gasteiger charge is 2.12. The summed E-state index contributed by atoms with van der Waals surface area (Å²) in [5.74, 6) is -0.329. The third kappa shape index (κ3) is 2.11. The van der Waals surface area contributed by atoms with Crippen molar-refractivity contribution >= 4 is 17.3 Å². The molecule has 0 aliphatic heterocycles. The van der Waals surface area contributed by atoms with Crippen molar-refractivity contribution in [2.45, 2.75) is 13.8 Å². The largest absolute Gasteiger partial charge is 0.397 e. The Kier molecular flexibility index (Phi) is 3.03. The lowest BCUT2D eigenvalue weighted by Gasteiger charge is -2.10. The molecule has 0 saturated heterocycles. The minimum Gasteiger partial charge on any atom is -0.397 e. The van der Waals surface area contributed by atoms with Crippen molar-refractivity contribution in [3.8, 4) is 11.3 Å². The van der Waals surface area contributed by atoms with Crippen LogP contribution in [0, 0.1) is 19.7 Å². The van der Waals surface area contributed by atoms with E-state index < -0.39 is 0 Å². The molecule has 0 fully saturated rings. The van der Waals surface area contributed by atoms with E-state index in [0.717, 1.165) is 5.56 Å². The molecular formula is C13H12ClFN2. The van der Waals surface area contributed by atoms with Gasteiger partial charge in [-0.15, -0.1) is 0 Å². The summed E-state index contributed by atoms with van der Waals surface area (Å²) in [6.45, 7) is 3.58. The summed E-state index contributed by atoms with van der Waals surface area (Å²) in [5.41, 5.74) is 9.23. The van der Waals surface area contributed by atoms with Crippen molar-refractivity contribution in [2.75, 3.05) is 5.73 Å². The number of hydrogen-bond acceptors (Lipinski definition) is 2. The number of anilines is 1. The maximum atomic E-state index is 13.3. The molecule has 0 saturated carbocycles. The van der Waals surface area contributed by atoms with Crippen molar-refractivity contribution in [3.05, 3.63) is 46.4 Å². The van der Waals surface area contributed by atoms with E-state index in [1.54, 1.807) is 19.2 Å². The van der Waals surface area contributed by atoms with Gasteiger partial charge in [0.05, 0.1) is 16.4 Å². The number of nitrogens with two attached hydrogens (primary N) is 1. The quantitative estimate of drug-likeness (QED) is 0.837. The summed E-state index contributed by atoms with van der Waals surface area (Å²) in [5, 5.41) is 0.318. The number of pyridine rings is 1. The van der Waals surface area contributed by atoms with Crippen LogP contribution in [-0.4, -0.2) is 4.98 Å². The molecule has 0 aliphatic rings. The molecule has 88 valence electrons. The molecule has 1 heterocycles. The number of halogens is 2. The second-order valence-corrected chi connectivity index (χ2v) is 4.38. The van der Waals surface area contributed by atoms with Crippen molar-refractivity contribution in [1.82, 2.24) is 4.98 Å². The van der Waals surface area contributed by atoms with Gasteiger partial charge in [0.25, 0.3) is 0 Å². The maximum absolute atomic E-state index is 13.3. The van der Waals surface area contributed by atoms with Gasteiger partial charge in [0.1, 0.15) is 5.82 Å². The Morgan fingerprint density at radius 1 is 1.24 bits per heavy atom. The second kappa shape index (κ2) is 4.34. The Morgan fingerprint density at radius 2 is 1.94 bits per heavy atom. The Hall–Kier alpha value is -1.61. The van der Waals surface area contributed by atoms with E-state index in [1.807, 2.05) is 13.0 Å². The summed E-state index contributed by atoms with van der Waals surface area (Å²) >= 11 is 6.02. The van der Waals surface area contributed by atoms with E-state index in [2.05, 4.69) is 4.98 Å². The smallest absolute Gasteiger partial charge is 0.127 e. The van der Waals surface area contributed by atoms with Crippen LogP contribution in [0.15, 0.2) is 24.4 Å². The molecule has 2 nitrogen and oxygen atoms in total. The third-order valence-electron chi connectivity index (χ3n) is 2.71. The zero-order valence-electron chi connectivity index (χ0n) is 9.59. The topological polar surface area (TPSA) is 38.9 Å². The predicted molar refractivity (Wildman–Crippen MR) is 68.5 cm³/mol. The average Bonchev–Trinajstić information content (AvgIpc) is 2.28. The first-order chi connectivity index (χ1) is 8.00. The van der Waals surface area contributed by atoms with Crippen LogP contribution in [0.3, 0.4) is 0 Å². The SMILES string of the molecule is Cc1cc(-c2nccc(C)c2N)c(Cl)cc1F. The van der Waals surface area contributed by atoms with E-state index >= 15 is 0 Å². The Morgan fingerprint density at radius 3 is 2.65 bits per heavy atom. The first kappa shape index (κ1) is 11.9. The fraction of sp³-hybridized carbons (Fsp3) is 0.154.